The average molecular weight is 228 g/mol. The lowest BCUT2D eigenvalue weighted by Crippen LogP contribution is -2.19. The fourth-order valence-corrected chi connectivity index (χ4v) is 1.75. The highest BCUT2D eigenvalue weighted by Gasteiger charge is 2.06. The molecule has 17 heavy (non-hydrogen) atoms. The number of nitrogens with zero attached hydrogens (tertiary/aromatic N) is 3. The molecule has 0 aromatic carbocycles. The minimum atomic E-state index is 0.544. The lowest BCUT2D eigenvalue weighted by Gasteiger charge is -2.19. The zero-order valence-electron chi connectivity index (χ0n) is 10.1. The SMILES string of the molecule is Cc1cccc(CN(C)c2cccnc2N)n1. The summed E-state index contributed by atoms with van der Waals surface area (Å²) in [6, 6.07) is 9.85. The first kappa shape index (κ1) is 11.4. The molecule has 4 nitrogen and oxygen atoms in total. The zero-order valence-corrected chi connectivity index (χ0v) is 10.1. The molecule has 0 saturated heterocycles. The second kappa shape index (κ2) is 4.82. The lowest BCUT2D eigenvalue weighted by atomic mass is 10.3. The van der Waals surface area contributed by atoms with Crippen LogP contribution in [0, 0.1) is 6.92 Å². The number of anilines is 2. The minimum absolute atomic E-state index is 0.544. The normalized spacial score (nSPS) is 10.2. The molecule has 0 aliphatic rings. The van der Waals surface area contributed by atoms with E-state index in [1.165, 1.54) is 0 Å². The first-order chi connectivity index (χ1) is 8.16. The lowest BCUT2D eigenvalue weighted by molar-refractivity contribution is 0.875. The van der Waals surface area contributed by atoms with Gasteiger partial charge in [-0.3, -0.25) is 4.98 Å². The molecule has 2 aromatic rings. The van der Waals surface area contributed by atoms with Crippen LogP contribution in [0.4, 0.5) is 11.5 Å². The number of aromatic nitrogens is 2. The van der Waals surface area contributed by atoms with Gasteiger partial charge >= 0.3 is 0 Å². The van der Waals surface area contributed by atoms with E-state index in [9.17, 15) is 0 Å². The summed E-state index contributed by atoms with van der Waals surface area (Å²) in [4.78, 5) is 10.6. The molecule has 2 heterocycles. The van der Waals surface area contributed by atoms with Gasteiger partial charge in [0, 0.05) is 18.9 Å². The van der Waals surface area contributed by atoms with Gasteiger partial charge < -0.3 is 10.6 Å². The van der Waals surface area contributed by atoms with Crippen molar-refractivity contribution in [2.45, 2.75) is 13.5 Å². The largest absolute Gasteiger partial charge is 0.382 e. The van der Waals surface area contributed by atoms with Crippen molar-refractivity contribution in [1.29, 1.82) is 0 Å². The standard InChI is InChI=1S/C13H16N4/c1-10-5-3-6-11(16-10)9-17(2)12-7-4-8-15-13(12)14/h3-8H,9H2,1-2H3,(H2,14,15). The van der Waals surface area contributed by atoms with E-state index in [4.69, 9.17) is 5.73 Å². The van der Waals surface area contributed by atoms with Gasteiger partial charge in [0.2, 0.25) is 0 Å². The third-order valence-corrected chi connectivity index (χ3v) is 2.57. The number of hydrogen-bond acceptors (Lipinski definition) is 4. The number of aryl methyl sites for hydroxylation is 1. The Morgan fingerprint density at radius 1 is 1.24 bits per heavy atom. The van der Waals surface area contributed by atoms with Crippen LogP contribution in [-0.2, 0) is 6.54 Å². The van der Waals surface area contributed by atoms with Crippen molar-refractivity contribution < 1.29 is 0 Å². The van der Waals surface area contributed by atoms with Crippen molar-refractivity contribution >= 4 is 11.5 Å². The van der Waals surface area contributed by atoms with Gasteiger partial charge in [-0.25, -0.2) is 4.98 Å². The highest BCUT2D eigenvalue weighted by molar-refractivity contribution is 5.62. The number of hydrogen-bond donors (Lipinski definition) is 1. The molecule has 0 aliphatic carbocycles. The Morgan fingerprint density at radius 3 is 2.76 bits per heavy atom. The molecule has 0 bridgehead atoms. The molecule has 88 valence electrons. The van der Waals surface area contributed by atoms with E-state index in [1.807, 2.05) is 49.2 Å². The molecule has 2 N–H and O–H groups in total. The topological polar surface area (TPSA) is 55.0 Å². The maximum Gasteiger partial charge on any atom is 0.146 e. The average Bonchev–Trinajstić information content (AvgIpc) is 2.29. The third kappa shape index (κ3) is 2.72. The van der Waals surface area contributed by atoms with E-state index in [-0.39, 0.29) is 0 Å². The van der Waals surface area contributed by atoms with Gasteiger partial charge in [0.1, 0.15) is 5.82 Å². The van der Waals surface area contributed by atoms with Crippen molar-refractivity contribution in [3.05, 3.63) is 47.9 Å². The van der Waals surface area contributed by atoms with Crippen LogP contribution in [0.2, 0.25) is 0 Å². The molecule has 4 heteroatoms. The van der Waals surface area contributed by atoms with E-state index in [2.05, 4.69) is 9.97 Å². The zero-order chi connectivity index (χ0) is 12.3. The number of nitrogens with two attached hydrogens (primary N) is 1. The molecule has 0 unspecified atom stereocenters. The van der Waals surface area contributed by atoms with Crippen molar-refractivity contribution in [2.24, 2.45) is 0 Å². The molecule has 0 fully saturated rings. The molecule has 0 aliphatic heterocycles. The van der Waals surface area contributed by atoms with Crippen molar-refractivity contribution in [1.82, 2.24) is 9.97 Å². The van der Waals surface area contributed by atoms with Gasteiger partial charge in [0.15, 0.2) is 0 Å². The van der Waals surface area contributed by atoms with Gasteiger partial charge in [-0.1, -0.05) is 6.07 Å². The molecule has 0 spiro atoms. The first-order valence-electron chi connectivity index (χ1n) is 5.51. The summed E-state index contributed by atoms with van der Waals surface area (Å²) in [6.45, 7) is 2.71. The molecule has 2 aromatic heterocycles. The summed E-state index contributed by atoms with van der Waals surface area (Å²) < 4.78 is 0. The van der Waals surface area contributed by atoms with Gasteiger partial charge in [-0.15, -0.1) is 0 Å². The second-order valence-electron chi connectivity index (χ2n) is 4.03. The molecule has 0 saturated carbocycles. The predicted octanol–water partition coefficient (Wildman–Crippen LogP) is 2.00. The maximum atomic E-state index is 5.83. The van der Waals surface area contributed by atoms with Crippen molar-refractivity contribution in [2.75, 3.05) is 17.7 Å². The smallest absolute Gasteiger partial charge is 0.146 e. The fourth-order valence-electron chi connectivity index (χ4n) is 1.75. The van der Waals surface area contributed by atoms with E-state index in [0.29, 0.717) is 5.82 Å². The highest BCUT2D eigenvalue weighted by atomic mass is 15.1. The predicted molar refractivity (Wildman–Crippen MR) is 69.7 cm³/mol. The number of pyridine rings is 2. The van der Waals surface area contributed by atoms with Crippen LogP contribution in [0.1, 0.15) is 11.4 Å². The van der Waals surface area contributed by atoms with Crippen molar-refractivity contribution in [3.63, 3.8) is 0 Å². The maximum absolute atomic E-state index is 5.83. The van der Waals surface area contributed by atoms with Crippen molar-refractivity contribution in [3.8, 4) is 0 Å². The Labute approximate surface area is 101 Å². The minimum Gasteiger partial charge on any atom is -0.382 e. The van der Waals surface area contributed by atoms with Gasteiger partial charge in [-0.2, -0.15) is 0 Å². The monoisotopic (exact) mass is 228 g/mol. The Bertz CT molecular complexity index is 510. The molecule has 2 rings (SSSR count). The summed E-state index contributed by atoms with van der Waals surface area (Å²) in [6.07, 6.45) is 1.69. The third-order valence-electron chi connectivity index (χ3n) is 2.57. The Morgan fingerprint density at radius 2 is 2.06 bits per heavy atom. The molecular formula is C13H16N4. The van der Waals surface area contributed by atoms with Gasteiger partial charge in [-0.05, 0) is 31.2 Å². The second-order valence-corrected chi connectivity index (χ2v) is 4.03. The molecular weight excluding hydrogens is 212 g/mol. The summed E-state index contributed by atoms with van der Waals surface area (Å²) in [5.41, 5.74) is 8.81. The highest BCUT2D eigenvalue weighted by Crippen LogP contribution is 2.19. The molecule has 0 atom stereocenters. The first-order valence-corrected chi connectivity index (χ1v) is 5.51. The Hall–Kier alpha value is -2.10. The molecule has 0 radical (unpaired) electrons. The summed E-state index contributed by atoms with van der Waals surface area (Å²) in [7, 11) is 1.98. The molecule has 0 amide bonds. The number of rotatable bonds is 3. The fraction of sp³-hybridized carbons (Fsp3) is 0.231. The van der Waals surface area contributed by atoms with Crippen LogP contribution in [0.3, 0.4) is 0 Å². The van der Waals surface area contributed by atoms with Crippen LogP contribution in [0.5, 0.6) is 0 Å². The van der Waals surface area contributed by atoms with E-state index in [1.54, 1.807) is 6.20 Å². The van der Waals surface area contributed by atoms with Crippen LogP contribution in [-0.4, -0.2) is 17.0 Å². The Kier molecular flexibility index (Phi) is 3.23. The summed E-state index contributed by atoms with van der Waals surface area (Å²) >= 11 is 0. The van der Waals surface area contributed by atoms with Crippen LogP contribution < -0.4 is 10.6 Å². The summed E-state index contributed by atoms with van der Waals surface area (Å²) in [5, 5.41) is 0. The van der Waals surface area contributed by atoms with E-state index in [0.717, 1.165) is 23.6 Å². The van der Waals surface area contributed by atoms with Crippen LogP contribution >= 0.6 is 0 Å². The van der Waals surface area contributed by atoms with Crippen LogP contribution in [0.15, 0.2) is 36.5 Å². The summed E-state index contributed by atoms with van der Waals surface area (Å²) in [5.74, 6) is 0.544. The van der Waals surface area contributed by atoms with E-state index < -0.39 is 0 Å². The van der Waals surface area contributed by atoms with Gasteiger partial charge in [0.25, 0.3) is 0 Å². The quantitative estimate of drug-likeness (QED) is 0.873. The van der Waals surface area contributed by atoms with Crippen LogP contribution in [0.25, 0.3) is 0 Å². The van der Waals surface area contributed by atoms with Gasteiger partial charge in [0.05, 0.1) is 17.9 Å². The Balaban J connectivity index is 2.17. The number of nitrogen functional groups attached to an aromatic ring is 1. The van der Waals surface area contributed by atoms with E-state index >= 15 is 0 Å².